The van der Waals surface area contributed by atoms with Crippen LogP contribution in [-0.4, -0.2) is 28.5 Å². The van der Waals surface area contributed by atoms with Gasteiger partial charge in [0.25, 0.3) is 11.8 Å². The summed E-state index contributed by atoms with van der Waals surface area (Å²) in [5.74, 6) is -0.498. The van der Waals surface area contributed by atoms with Crippen molar-refractivity contribution < 1.29 is 14.8 Å². The van der Waals surface area contributed by atoms with Gasteiger partial charge < -0.3 is 4.90 Å². The summed E-state index contributed by atoms with van der Waals surface area (Å²) >= 11 is 0. The van der Waals surface area contributed by atoms with Gasteiger partial charge in [0, 0.05) is 24.2 Å². The fourth-order valence-electron chi connectivity index (χ4n) is 3.72. The zero-order valence-electron chi connectivity index (χ0n) is 14.8. The maximum Gasteiger partial charge on any atom is 0.274 e. The Morgan fingerprint density at radius 2 is 1.78 bits per heavy atom. The molecule has 0 spiro atoms. The van der Waals surface area contributed by atoms with Crippen LogP contribution < -0.4 is 5.48 Å². The average molecular weight is 360 g/mol. The molecule has 3 aromatic rings. The molecule has 27 heavy (non-hydrogen) atoms. The molecule has 0 atom stereocenters. The van der Waals surface area contributed by atoms with Crippen molar-refractivity contribution in [3.05, 3.63) is 82.9 Å². The minimum Gasteiger partial charge on any atom is -0.334 e. The summed E-state index contributed by atoms with van der Waals surface area (Å²) in [5.41, 5.74) is 4.89. The first-order valence-electron chi connectivity index (χ1n) is 9.00. The Bertz CT molecular complexity index is 1020. The molecule has 0 aromatic heterocycles. The second-order valence-electron chi connectivity index (χ2n) is 6.78. The van der Waals surface area contributed by atoms with Crippen LogP contribution in [0.5, 0.6) is 0 Å². The molecule has 0 aliphatic carbocycles. The number of fused-ring (bicyclic) bond motifs is 2. The van der Waals surface area contributed by atoms with Gasteiger partial charge in [0.05, 0.1) is 0 Å². The van der Waals surface area contributed by atoms with Crippen LogP contribution >= 0.6 is 0 Å². The van der Waals surface area contributed by atoms with Gasteiger partial charge in [-0.25, -0.2) is 5.48 Å². The third-order valence-electron chi connectivity index (χ3n) is 5.11. The number of carbonyl (C=O) groups is 2. The van der Waals surface area contributed by atoms with E-state index >= 15 is 0 Å². The smallest absolute Gasteiger partial charge is 0.274 e. The third-order valence-corrected chi connectivity index (χ3v) is 5.11. The van der Waals surface area contributed by atoms with Gasteiger partial charge in [-0.3, -0.25) is 14.8 Å². The highest BCUT2D eigenvalue weighted by molar-refractivity contribution is 6.07. The Morgan fingerprint density at radius 1 is 0.963 bits per heavy atom. The predicted molar refractivity (Wildman–Crippen MR) is 103 cm³/mol. The highest BCUT2D eigenvalue weighted by Gasteiger charge is 2.22. The molecule has 1 aliphatic rings. The number of amides is 2. The number of rotatable bonds is 2. The number of hydrogen-bond acceptors (Lipinski definition) is 3. The molecule has 4 rings (SSSR count). The van der Waals surface area contributed by atoms with Crippen LogP contribution in [0.25, 0.3) is 10.8 Å². The summed E-state index contributed by atoms with van der Waals surface area (Å²) in [6.07, 6.45) is 1.62. The highest BCUT2D eigenvalue weighted by atomic mass is 16.5. The largest absolute Gasteiger partial charge is 0.334 e. The quantitative estimate of drug-likeness (QED) is 0.542. The highest BCUT2D eigenvalue weighted by Crippen LogP contribution is 2.24. The lowest BCUT2D eigenvalue weighted by atomic mass is 10.0. The number of nitrogens with one attached hydrogen (secondary N) is 1. The van der Waals surface area contributed by atoms with E-state index in [1.165, 1.54) is 0 Å². The van der Waals surface area contributed by atoms with Crippen molar-refractivity contribution in [2.45, 2.75) is 19.4 Å². The predicted octanol–water partition coefficient (Wildman–Crippen LogP) is 3.55. The SMILES string of the molecule is O=C(NO)c1ccc2c(c1)CCCN(C(=O)c1cccc3ccccc13)C2. The molecule has 0 unspecified atom stereocenters. The number of nitrogens with zero attached hydrogens (tertiary/aromatic N) is 1. The molecule has 0 saturated heterocycles. The van der Waals surface area contributed by atoms with Crippen LogP contribution in [0.3, 0.4) is 0 Å². The van der Waals surface area contributed by atoms with E-state index in [2.05, 4.69) is 0 Å². The lowest BCUT2D eigenvalue weighted by Gasteiger charge is -2.22. The standard InChI is InChI=1S/C22H20N2O3/c25-21(23-27)17-10-11-18-14-24(12-4-7-16(18)13-17)22(26)20-9-3-6-15-5-1-2-8-19(15)20/h1-3,5-6,8-11,13,27H,4,7,12,14H2,(H,23,25). The van der Waals surface area contributed by atoms with Gasteiger partial charge in [-0.05, 0) is 52.9 Å². The molecule has 5 heteroatoms. The monoisotopic (exact) mass is 360 g/mol. The first kappa shape index (κ1) is 17.2. The van der Waals surface area contributed by atoms with Crippen molar-refractivity contribution in [1.82, 2.24) is 10.4 Å². The van der Waals surface area contributed by atoms with Crippen molar-refractivity contribution in [3.63, 3.8) is 0 Å². The molecule has 2 amide bonds. The maximum absolute atomic E-state index is 13.2. The zero-order valence-corrected chi connectivity index (χ0v) is 14.8. The van der Waals surface area contributed by atoms with Crippen LogP contribution in [0.2, 0.25) is 0 Å². The Kier molecular flexibility index (Phi) is 4.60. The van der Waals surface area contributed by atoms with Gasteiger partial charge in [0.2, 0.25) is 0 Å². The summed E-state index contributed by atoms with van der Waals surface area (Å²) in [6, 6.07) is 19.1. The average Bonchev–Trinajstić information content (AvgIpc) is 2.94. The summed E-state index contributed by atoms with van der Waals surface area (Å²) in [5, 5.41) is 10.8. The minimum atomic E-state index is -0.522. The fourth-order valence-corrected chi connectivity index (χ4v) is 3.72. The van der Waals surface area contributed by atoms with Crippen LogP contribution in [0, 0.1) is 0 Å². The second kappa shape index (κ2) is 7.21. The number of carbonyl (C=O) groups excluding carboxylic acids is 2. The molecule has 0 fully saturated rings. The molecule has 2 N–H and O–H groups in total. The van der Waals surface area contributed by atoms with Crippen molar-refractivity contribution in [2.24, 2.45) is 0 Å². The third kappa shape index (κ3) is 3.29. The molecule has 1 heterocycles. The summed E-state index contributed by atoms with van der Waals surface area (Å²) in [7, 11) is 0. The first-order valence-corrected chi connectivity index (χ1v) is 9.00. The van der Waals surface area contributed by atoms with Gasteiger partial charge >= 0.3 is 0 Å². The molecular weight excluding hydrogens is 340 g/mol. The van der Waals surface area contributed by atoms with Crippen molar-refractivity contribution in [1.29, 1.82) is 0 Å². The molecule has 136 valence electrons. The van der Waals surface area contributed by atoms with Crippen molar-refractivity contribution in [2.75, 3.05) is 6.54 Å². The van der Waals surface area contributed by atoms with Gasteiger partial charge in [-0.1, -0.05) is 42.5 Å². The van der Waals surface area contributed by atoms with E-state index < -0.39 is 5.91 Å². The number of benzene rings is 3. The van der Waals surface area contributed by atoms with E-state index in [1.54, 1.807) is 17.6 Å². The Labute approximate surface area is 157 Å². The lowest BCUT2D eigenvalue weighted by molar-refractivity contribution is 0.0705. The van der Waals surface area contributed by atoms with Gasteiger partial charge in [0.15, 0.2) is 0 Å². The fraction of sp³-hybridized carbons (Fsp3) is 0.182. The minimum absolute atomic E-state index is 0.0248. The summed E-state index contributed by atoms with van der Waals surface area (Å²) in [6.45, 7) is 1.18. The van der Waals surface area contributed by atoms with Gasteiger partial charge in [-0.15, -0.1) is 0 Å². The van der Waals surface area contributed by atoms with Crippen molar-refractivity contribution in [3.8, 4) is 0 Å². The van der Waals surface area contributed by atoms with Crippen LogP contribution in [-0.2, 0) is 13.0 Å². The van der Waals surface area contributed by atoms with Gasteiger partial charge in [-0.2, -0.15) is 0 Å². The number of hydrogen-bond donors (Lipinski definition) is 2. The van der Waals surface area contributed by atoms with E-state index in [-0.39, 0.29) is 5.91 Å². The van der Waals surface area contributed by atoms with E-state index in [1.807, 2.05) is 53.4 Å². The number of hydroxylamine groups is 1. The first-order chi connectivity index (χ1) is 13.2. The Balaban J connectivity index is 1.65. The van der Waals surface area contributed by atoms with E-state index in [4.69, 9.17) is 5.21 Å². The van der Waals surface area contributed by atoms with Gasteiger partial charge in [0.1, 0.15) is 0 Å². The second-order valence-corrected chi connectivity index (χ2v) is 6.78. The molecule has 5 nitrogen and oxygen atoms in total. The zero-order chi connectivity index (χ0) is 18.8. The Hall–Kier alpha value is -3.18. The molecule has 1 aliphatic heterocycles. The van der Waals surface area contributed by atoms with E-state index in [9.17, 15) is 9.59 Å². The van der Waals surface area contributed by atoms with Crippen molar-refractivity contribution >= 4 is 22.6 Å². The lowest BCUT2D eigenvalue weighted by Crippen LogP contribution is -2.30. The summed E-state index contributed by atoms with van der Waals surface area (Å²) in [4.78, 5) is 26.7. The van der Waals surface area contributed by atoms with Crippen LogP contribution in [0.1, 0.15) is 38.3 Å². The maximum atomic E-state index is 13.2. The van der Waals surface area contributed by atoms with Crippen LogP contribution in [0.15, 0.2) is 60.7 Å². The molecule has 0 bridgehead atoms. The van der Waals surface area contributed by atoms with Crippen LogP contribution in [0.4, 0.5) is 0 Å². The van der Waals surface area contributed by atoms with E-state index in [0.29, 0.717) is 24.2 Å². The van der Waals surface area contributed by atoms with E-state index in [0.717, 1.165) is 34.7 Å². The molecule has 0 radical (unpaired) electrons. The topological polar surface area (TPSA) is 69.6 Å². The number of aryl methyl sites for hydroxylation is 1. The molecule has 0 saturated carbocycles. The molecular formula is C22H20N2O3. The summed E-state index contributed by atoms with van der Waals surface area (Å²) < 4.78 is 0. The normalized spacial score (nSPS) is 13.7. The Morgan fingerprint density at radius 3 is 2.63 bits per heavy atom. The molecule has 3 aromatic carbocycles.